The normalized spacial score (nSPS) is 22.4. The highest BCUT2D eigenvalue weighted by Gasteiger charge is 2.39. The molecule has 0 bridgehead atoms. The summed E-state index contributed by atoms with van der Waals surface area (Å²) in [5.74, 6) is 0.319. The molecule has 2 heterocycles. The van der Waals surface area contributed by atoms with Crippen LogP contribution < -0.4 is 10.1 Å². The Morgan fingerprint density at radius 3 is 2.86 bits per heavy atom. The van der Waals surface area contributed by atoms with Crippen LogP contribution >= 0.6 is 11.6 Å². The van der Waals surface area contributed by atoms with Gasteiger partial charge in [0.25, 0.3) is 0 Å². The first kappa shape index (κ1) is 15.4. The van der Waals surface area contributed by atoms with Gasteiger partial charge in [0.2, 0.25) is 10.0 Å². The Bertz CT molecular complexity index is 709. The number of carbonyl (C=O) groups is 1. The molecule has 1 N–H and O–H groups in total. The highest BCUT2D eigenvalue weighted by Crippen LogP contribution is 2.29. The van der Waals surface area contributed by atoms with Crippen molar-refractivity contribution in [2.75, 3.05) is 33.3 Å². The number of rotatable bonds is 3. The van der Waals surface area contributed by atoms with Gasteiger partial charge in [0.15, 0.2) is 0 Å². The number of hydrogen-bond acceptors (Lipinski definition) is 4. The standard InChI is InChI=1S/C13H16ClN3O4S/c1-21-12-6-10(2-3-11(12)14)22(19,20)16-4-5-17-9(8-16)7-15-13(17)18/h2-3,6,9H,4-5,7-8H2,1H3,(H,15,18). The van der Waals surface area contributed by atoms with Crippen LogP contribution in [-0.2, 0) is 10.0 Å². The van der Waals surface area contributed by atoms with Crippen molar-refractivity contribution in [1.29, 1.82) is 0 Å². The van der Waals surface area contributed by atoms with Crippen molar-refractivity contribution in [2.24, 2.45) is 0 Å². The zero-order valence-corrected chi connectivity index (χ0v) is 13.5. The number of hydrogen-bond donors (Lipinski definition) is 1. The van der Waals surface area contributed by atoms with Gasteiger partial charge in [-0.3, -0.25) is 0 Å². The highest BCUT2D eigenvalue weighted by atomic mass is 35.5. The van der Waals surface area contributed by atoms with Crippen molar-refractivity contribution < 1.29 is 17.9 Å². The number of nitrogens with zero attached hydrogens (tertiary/aromatic N) is 2. The van der Waals surface area contributed by atoms with Crippen molar-refractivity contribution in [1.82, 2.24) is 14.5 Å². The first-order chi connectivity index (χ1) is 10.4. The molecule has 2 fully saturated rings. The molecular formula is C13H16ClN3O4S. The third-order valence-electron chi connectivity index (χ3n) is 3.96. The molecule has 1 aromatic carbocycles. The van der Waals surface area contributed by atoms with Crippen molar-refractivity contribution in [3.8, 4) is 5.75 Å². The molecule has 1 aromatic rings. The van der Waals surface area contributed by atoms with Gasteiger partial charge in [-0.1, -0.05) is 11.6 Å². The first-order valence-electron chi connectivity index (χ1n) is 6.81. The van der Waals surface area contributed by atoms with E-state index < -0.39 is 10.0 Å². The number of fused-ring (bicyclic) bond motifs is 1. The van der Waals surface area contributed by atoms with Crippen molar-refractivity contribution >= 4 is 27.7 Å². The van der Waals surface area contributed by atoms with E-state index in [-0.39, 0.29) is 30.1 Å². The zero-order chi connectivity index (χ0) is 15.9. The van der Waals surface area contributed by atoms with Crippen LogP contribution in [-0.4, -0.2) is 63.0 Å². The minimum Gasteiger partial charge on any atom is -0.495 e. The van der Waals surface area contributed by atoms with Crippen LogP contribution in [0.5, 0.6) is 5.75 Å². The van der Waals surface area contributed by atoms with Crippen LogP contribution in [0.25, 0.3) is 0 Å². The summed E-state index contributed by atoms with van der Waals surface area (Å²) >= 11 is 5.94. The number of methoxy groups -OCH3 is 1. The van der Waals surface area contributed by atoms with Crippen molar-refractivity contribution in [3.05, 3.63) is 23.2 Å². The fraction of sp³-hybridized carbons (Fsp3) is 0.462. The molecule has 7 nitrogen and oxygen atoms in total. The molecule has 2 aliphatic heterocycles. The third-order valence-corrected chi connectivity index (χ3v) is 6.13. The lowest BCUT2D eigenvalue weighted by Crippen LogP contribution is -2.53. The molecule has 22 heavy (non-hydrogen) atoms. The number of carbonyl (C=O) groups excluding carboxylic acids is 1. The molecule has 0 aromatic heterocycles. The van der Waals surface area contributed by atoms with Gasteiger partial charge in [-0.15, -0.1) is 0 Å². The molecule has 1 atom stereocenters. The van der Waals surface area contributed by atoms with E-state index in [1.807, 2.05) is 0 Å². The van der Waals surface area contributed by atoms with Crippen LogP contribution in [0.2, 0.25) is 5.02 Å². The fourth-order valence-corrected chi connectivity index (χ4v) is 4.42. The molecule has 9 heteroatoms. The monoisotopic (exact) mass is 345 g/mol. The van der Waals surface area contributed by atoms with Gasteiger partial charge in [-0.2, -0.15) is 4.31 Å². The summed E-state index contributed by atoms with van der Waals surface area (Å²) in [6.07, 6.45) is 0. The fourth-order valence-electron chi connectivity index (χ4n) is 2.74. The third kappa shape index (κ3) is 2.51. The van der Waals surface area contributed by atoms with E-state index in [2.05, 4.69) is 5.32 Å². The number of halogens is 1. The molecule has 0 spiro atoms. The van der Waals surface area contributed by atoms with E-state index in [0.717, 1.165) is 0 Å². The second-order valence-electron chi connectivity index (χ2n) is 5.19. The SMILES string of the molecule is COc1cc(S(=O)(=O)N2CCN3C(=O)NCC3C2)ccc1Cl. The van der Waals surface area contributed by atoms with E-state index in [4.69, 9.17) is 16.3 Å². The van der Waals surface area contributed by atoms with Crippen LogP contribution in [0.15, 0.2) is 23.1 Å². The van der Waals surface area contributed by atoms with Gasteiger partial charge in [0.1, 0.15) is 5.75 Å². The van der Waals surface area contributed by atoms with Crippen molar-refractivity contribution in [3.63, 3.8) is 0 Å². The topological polar surface area (TPSA) is 79.0 Å². The molecule has 0 radical (unpaired) electrons. The lowest BCUT2D eigenvalue weighted by atomic mass is 10.2. The Balaban J connectivity index is 1.86. The molecule has 2 amide bonds. The summed E-state index contributed by atoms with van der Waals surface area (Å²) in [5, 5.41) is 3.09. The Hall–Kier alpha value is -1.51. The van der Waals surface area contributed by atoms with Crippen LogP contribution in [0.4, 0.5) is 4.79 Å². The van der Waals surface area contributed by atoms with E-state index in [1.165, 1.54) is 29.6 Å². The summed E-state index contributed by atoms with van der Waals surface area (Å²) in [6, 6.07) is 4.14. The minimum absolute atomic E-state index is 0.120. The van der Waals surface area contributed by atoms with E-state index in [0.29, 0.717) is 23.9 Å². The Labute approximate surface area is 133 Å². The summed E-state index contributed by atoms with van der Waals surface area (Å²) < 4.78 is 32.0. The quantitative estimate of drug-likeness (QED) is 0.876. The smallest absolute Gasteiger partial charge is 0.317 e. The lowest BCUT2D eigenvalue weighted by molar-refractivity contribution is 0.164. The molecule has 2 aliphatic rings. The number of sulfonamides is 1. The lowest BCUT2D eigenvalue weighted by Gasteiger charge is -2.35. The molecule has 3 rings (SSSR count). The first-order valence-corrected chi connectivity index (χ1v) is 8.63. The number of nitrogens with one attached hydrogen (secondary N) is 1. The molecular weight excluding hydrogens is 330 g/mol. The number of piperazine rings is 1. The summed E-state index contributed by atoms with van der Waals surface area (Å²) in [5.41, 5.74) is 0. The predicted molar refractivity (Wildman–Crippen MR) is 80.7 cm³/mol. The summed E-state index contributed by atoms with van der Waals surface area (Å²) in [6.45, 7) is 1.42. The summed E-state index contributed by atoms with van der Waals surface area (Å²) in [7, 11) is -2.20. The molecule has 0 saturated carbocycles. The van der Waals surface area contributed by atoms with Crippen molar-refractivity contribution in [2.45, 2.75) is 10.9 Å². The minimum atomic E-state index is -3.64. The average molecular weight is 346 g/mol. The second-order valence-corrected chi connectivity index (χ2v) is 7.54. The Kier molecular flexibility index (Phi) is 3.92. The van der Waals surface area contributed by atoms with Crippen LogP contribution in [0.1, 0.15) is 0 Å². The maximum absolute atomic E-state index is 12.7. The summed E-state index contributed by atoms with van der Waals surface area (Å²) in [4.78, 5) is 13.4. The van der Waals surface area contributed by atoms with Gasteiger partial charge in [-0.25, -0.2) is 13.2 Å². The largest absolute Gasteiger partial charge is 0.495 e. The van der Waals surface area contributed by atoms with Crippen LogP contribution in [0, 0.1) is 0 Å². The molecule has 0 aliphatic carbocycles. The number of amides is 2. The number of benzene rings is 1. The van der Waals surface area contributed by atoms with Gasteiger partial charge in [0, 0.05) is 32.2 Å². The van der Waals surface area contributed by atoms with E-state index in [9.17, 15) is 13.2 Å². The van der Waals surface area contributed by atoms with Gasteiger partial charge in [0.05, 0.1) is 23.1 Å². The van der Waals surface area contributed by atoms with E-state index in [1.54, 1.807) is 4.90 Å². The Morgan fingerprint density at radius 1 is 1.36 bits per heavy atom. The zero-order valence-electron chi connectivity index (χ0n) is 12.0. The maximum atomic E-state index is 12.7. The predicted octanol–water partition coefficient (Wildman–Crippen LogP) is 0.747. The van der Waals surface area contributed by atoms with Gasteiger partial charge in [-0.05, 0) is 12.1 Å². The molecule has 2 saturated heterocycles. The highest BCUT2D eigenvalue weighted by molar-refractivity contribution is 7.89. The van der Waals surface area contributed by atoms with Gasteiger partial charge >= 0.3 is 6.03 Å². The Morgan fingerprint density at radius 2 is 2.14 bits per heavy atom. The maximum Gasteiger partial charge on any atom is 0.317 e. The molecule has 1 unspecified atom stereocenters. The van der Waals surface area contributed by atoms with Crippen LogP contribution in [0.3, 0.4) is 0 Å². The molecule has 120 valence electrons. The number of urea groups is 1. The van der Waals surface area contributed by atoms with E-state index >= 15 is 0 Å². The average Bonchev–Trinajstić information content (AvgIpc) is 2.88. The van der Waals surface area contributed by atoms with Gasteiger partial charge < -0.3 is 15.0 Å². The number of ether oxygens (including phenoxy) is 1. The second kappa shape index (κ2) is 5.60.